The molecule has 1 N–H and O–H groups in total. The number of non-ortho nitro benzene ring substituents is 1. The van der Waals surface area contributed by atoms with E-state index in [0.717, 1.165) is 12.5 Å². The van der Waals surface area contributed by atoms with Crippen molar-refractivity contribution in [1.29, 1.82) is 0 Å². The Balaban J connectivity index is 1.94. The molecule has 0 aliphatic carbocycles. The predicted octanol–water partition coefficient (Wildman–Crippen LogP) is 4.21. The van der Waals surface area contributed by atoms with Crippen LogP contribution in [0.25, 0.3) is 0 Å². The van der Waals surface area contributed by atoms with Crippen LogP contribution in [0.15, 0.2) is 51.8 Å². The fourth-order valence-corrected chi connectivity index (χ4v) is 4.61. The summed E-state index contributed by atoms with van der Waals surface area (Å²) in [5, 5.41) is 13.5. The maximum absolute atomic E-state index is 12.8. The molecule has 0 saturated carbocycles. The van der Waals surface area contributed by atoms with Crippen molar-refractivity contribution in [2.75, 3.05) is 16.8 Å². The highest BCUT2D eigenvalue weighted by molar-refractivity contribution is 7.90. The molecule has 1 heterocycles. The molecule has 1 amide bonds. The van der Waals surface area contributed by atoms with Crippen LogP contribution in [0.3, 0.4) is 0 Å². The molecular formula is C21H24N4O5S. The monoisotopic (exact) mass is 444 g/mol. The third-order valence-electron chi connectivity index (χ3n) is 4.68. The number of hydrogen-bond acceptors (Lipinski definition) is 6. The van der Waals surface area contributed by atoms with Crippen LogP contribution in [-0.2, 0) is 10.0 Å². The molecule has 9 nitrogen and oxygen atoms in total. The van der Waals surface area contributed by atoms with Gasteiger partial charge in [0.2, 0.25) is 0 Å². The average Bonchev–Trinajstić information content (AvgIpc) is 2.70. The number of nitrogens with one attached hydrogen (secondary N) is 1. The minimum atomic E-state index is -3.92. The highest BCUT2D eigenvalue weighted by Crippen LogP contribution is 2.35. The number of amides is 1. The number of fused-ring (bicyclic) bond motifs is 1. The maximum Gasteiger partial charge on any atom is 0.286 e. The van der Waals surface area contributed by atoms with Crippen molar-refractivity contribution in [3.8, 4) is 0 Å². The summed E-state index contributed by atoms with van der Waals surface area (Å²) in [6.07, 6.45) is 1.34. The number of hydrogen-bond donors (Lipinski definition) is 1. The summed E-state index contributed by atoms with van der Waals surface area (Å²) in [6.45, 7) is 6.62. The van der Waals surface area contributed by atoms with Gasteiger partial charge in [0.25, 0.3) is 21.6 Å². The first kappa shape index (κ1) is 22.4. The Morgan fingerprint density at radius 2 is 1.97 bits per heavy atom. The van der Waals surface area contributed by atoms with Gasteiger partial charge in [0.05, 0.1) is 10.6 Å². The lowest BCUT2D eigenvalue weighted by Gasteiger charge is -2.31. The summed E-state index contributed by atoms with van der Waals surface area (Å²) in [5.41, 5.74) is 0.682. The number of amidine groups is 1. The van der Waals surface area contributed by atoms with E-state index in [1.165, 1.54) is 24.3 Å². The Morgan fingerprint density at radius 1 is 1.23 bits per heavy atom. The van der Waals surface area contributed by atoms with E-state index in [-0.39, 0.29) is 27.8 Å². The van der Waals surface area contributed by atoms with Crippen molar-refractivity contribution in [2.24, 2.45) is 10.3 Å². The molecule has 0 radical (unpaired) electrons. The Labute approximate surface area is 181 Å². The first-order valence-electron chi connectivity index (χ1n) is 9.93. The topological polar surface area (TPSA) is 122 Å². The zero-order valence-electron chi connectivity index (χ0n) is 17.5. The van der Waals surface area contributed by atoms with Gasteiger partial charge in [-0.2, -0.15) is 8.42 Å². The molecule has 2 aromatic carbocycles. The zero-order valence-corrected chi connectivity index (χ0v) is 18.3. The van der Waals surface area contributed by atoms with Crippen LogP contribution in [0, 0.1) is 16.0 Å². The molecule has 0 saturated heterocycles. The average molecular weight is 445 g/mol. The summed E-state index contributed by atoms with van der Waals surface area (Å²) in [5.74, 6) is 0.173. The molecule has 164 valence electrons. The number of nitro benzene ring substituents is 1. The van der Waals surface area contributed by atoms with E-state index < -0.39 is 20.9 Å². The van der Waals surface area contributed by atoms with Crippen LogP contribution in [0.1, 0.15) is 44.0 Å². The minimum Gasteiger partial charge on any atom is -0.328 e. The normalized spacial score (nSPS) is 14.7. The summed E-state index contributed by atoms with van der Waals surface area (Å²) in [7, 11) is -3.92. The van der Waals surface area contributed by atoms with Gasteiger partial charge in [-0.15, -0.1) is 4.40 Å². The first-order valence-corrected chi connectivity index (χ1v) is 11.4. The molecule has 1 aliphatic heterocycles. The Kier molecular flexibility index (Phi) is 6.40. The number of sulfonamides is 1. The van der Waals surface area contributed by atoms with Crippen LogP contribution in [-0.4, -0.2) is 31.6 Å². The van der Waals surface area contributed by atoms with Gasteiger partial charge >= 0.3 is 0 Å². The van der Waals surface area contributed by atoms with E-state index in [9.17, 15) is 23.3 Å². The quantitative estimate of drug-likeness (QED) is 0.504. The van der Waals surface area contributed by atoms with Gasteiger partial charge in [0.1, 0.15) is 10.7 Å². The van der Waals surface area contributed by atoms with Crippen LogP contribution < -0.4 is 10.2 Å². The third-order valence-corrected chi connectivity index (χ3v) is 6.01. The lowest BCUT2D eigenvalue weighted by atomic mass is 10.1. The summed E-state index contributed by atoms with van der Waals surface area (Å²) in [6, 6.07) is 9.96. The van der Waals surface area contributed by atoms with Crippen molar-refractivity contribution < 1.29 is 18.1 Å². The van der Waals surface area contributed by atoms with Crippen molar-refractivity contribution in [3.05, 3.63) is 58.1 Å². The van der Waals surface area contributed by atoms with Gasteiger partial charge in [0.15, 0.2) is 0 Å². The van der Waals surface area contributed by atoms with Gasteiger partial charge in [-0.1, -0.05) is 26.8 Å². The SMILES string of the molecule is CCCN1C(CC(C)C)=NS(=O)(=O)c2cc(NC(=O)c3cccc([N+](=O)[O-])c3)ccc21. The van der Waals surface area contributed by atoms with E-state index >= 15 is 0 Å². The molecule has 10 heteroatoms. The van der Waals surface area contributed by atoms with Gasteiger partial charge in [-0.3, -0.25) is 14.9 Å². The number of nitro groups is 1. The van der Waals surface area contributed by atoms with Crippen molar-refractivity contribution >= 4 is 38.8 Å². The van der Waals surface area contributed by atoms with Gasteiger partial charge in [-0.25, -0.2) is 0 Å². The number of benzene rings is 2. The summed E-state index contributed by atoms with van der Waals surface area (Å²) in [4.78, 5) is 24.8. The fourth-order valence-electron chi connectivity index (χ4n) is 3.35. The highest BCUT2D eigenvalue weighted by Gasteiger charge is 2.31. The Hall–Kier alpha value is -3.27. The standard InChI is InChI=1S/C21H24N4O5S/c1-4-10-24-18-9-8-16(13-19(18)31(29,30)23-20(24)11-14(2)3)22-21(26)15-6-5-7-17(12-15)25(27)28/h5-9,12-14H,4,10-11H2,1-3H3,(H,22,26). The molecule has 0 spiro atoms. The Morgan fingerprint density at radius 3 is 2.61 bits per heavy atom. The second-order valence-corrected chi connectivity index (χ2v) is 9.25. The van der Waals surface area contributed by atoms with Crippen molar-refractivity contribution in [1.82, 2.24) is 0 Å². The molecule has 0 atom stereocenters. The number of carbonyl (C=O) groups excluding carboxylic acids is 1. The highest BCUT2D eigenvalue weighted by atomic mass is 32.2. The number of carbonyl (C=O) groups is 1. The van der Waals surface area contributed by atoms with E-state index in [1.807, 2.05) is 25.7 Å². The molecule has 0 bridgehead atoms. The maximum atomic E-state index is 12.8. The molecule has 0 fully saturated rings. The van der Waals surface area contributed by atoms with Gasteiger partial charge in [0, 0.05) is 36.3 Å². The first-order chi connectivity index (χ1) is 14.6. The minimum absolute atomic E-state index is 0.0188. The molecule has 2 aromatic rings. The van der Waals surface area contributed by atoms with E-state index in [2.05, 4.69) is 9.71 Å². The van der Waals surface area contributed by atoms with E-state index in [0.29, 0.717) is 24.5 Å². The van der Waals surface area contributed by atoms with Crippen LogP contribution in [0.5, 0.6) is 0 Å². The van der Waals surface area contributed by atoms with Crippen LogP contribution >= 0.6 is 0 Å². The molecular weight excluding hydrogens is 420 g/mol. The largest absolute Gasteiger partial charge is 0.328 e. The second kappa shape index (κ2) is 8.84. The fraction of sp³-hybridized carbons (Fsp3) is 0.333. The van der Waals surface area contributed by atoms with Crippen LogP contribution in [0.4, 0.5) is 17.1 Å². The lowest BCUT2D eigenvalue weighted by molar-refractivity contribution is -0.384. The summed E-state index contributed by atoms with van der Waals surface area (Å²) < 4.78 is 29.7. The lowest BCUT2D eigenvalue weighted by Crippen LogP contribution is -2.37. The van der Waals surface area contributed by atoms with Gasteiger partial charge < -0.3 is 10.2 Å². The third kappa shape index (κ3) is 4.91. The molecule has 3 rings (SSSR count). The second-order valence-electron chi connectivity index (χ2n) is 7.68. The number of anilines is 2. The molecule has 1 aliphatic rings. The summed E-state index contributed by atoms with van der Waals surface area (Å²) >= 11 is 0. The Bertz CT molecular complexity index is 1160. The van der Waals surface area contributed by atoms with Crippen molar-refractivity contribution in [3.63, 3.8) is 0 Å². The van der Waals surface area contributed by atoms with E-state index in [1.54, 1.807) is 12.1 Å². The number of nitrogens with zero attached hydrogens (tertiary/aromatic N) is 3. The molecule has 0 aromatic heterocycles. The van der Waals surface area contributed by atoms with Crippen molar-refractivity contribution in [2.45, 2.75) is 38.5 Å². The number of rotatable bonds is 7. The zero-order chi connectivity index (χ0) is 22.8. The molecule has 0 unspecified atom stereocenters. The van der Waals surface area contributed by atoms with Crippen LogP contribution in [0.2, 0.25) is 0 Å². The van der Waals surface area contributed by atoms with Gasteiger partial charge in [-0.05, 0) is 36.6 Å². The predicted molar refractivity (Wildman–Crippen MR) is 119 cm³/mol. The smallest absolute Gasteiger partial charge is 0.286 e. The van der Waals surface area contributed by atoms with E-state index in [4.69, 9.17) is 0 Å². The molecule has 31 heavy (non-hydrogen) atoms.